The molecule has 230 valence electrons. The molecule has 3 aromatic carbocycles. The summed E-state index contributed by atoms with van der Waals surface area (Å²) in [6, 6.07) is 20.0. The van der Waals surface area contributed by atoms with Crippen LogP contribution in [0.4, 0.5) is 0 Å². The van der Waals surface area contributed by atoms with Gasteiger partial charge in [0.05, 0.1) is 23.3 Å². The summed E-state index contributed by atoms with van der Waals surface area (Å²) < 4.78 is 0. The van der Waals surface area contributed by atoms with Crippen LogP contribution in [0.3, 0.4) is 0 Å². The molecule has 4 heteroatoms. The van der Waals surface area contributed by atoms with Crippen molar-refractivity contribution in [2.45, 2.75) is 105 Å². The second kappa shape index (κ2) is 12.0. The van der Waals surface area contributed by atoms with Crippen LogP contribution in [0.2, 0.25) is 0 Å². The van der Waals surface area contributed by atoms with Gasteiger partial charge >= 0.3 is 0 Å². The van der Waals surface area contributed by atoms with Crippen molar-refractivity contribution < 1.29 is 10.2 Å². The largest absolute Gasteiger partial charge is 0.507 e. The van der Waals surface area contributed by atoms with Gasteiger partial charge < -0.3 is 10.2 Å². The minimum absolute atomic E-state index is 0.291. The molecule has 0 saturated heterocycles. The van der Waals surface area contributed by atoms with Gasteiger partial charge in [-0.2, -0.15) is 10.5 Å². The summed E-state index contributed by atoms with van der Waals surface area (Å²) in [4.78, 5) is 0. The lowest BCUT2D eigenvalue weighted by atomic mass is 9.78. The van der Waals surface area contributed by atoms with Crippen molar-refractivity contribution in [3.63, 3.8) is 0 Å². The molecule has 3 rings (SSSR count). The molecule has 0 atom stereocenters. The smallest absolute Gasteiger partial charge is 0.123 e. The zero-order chi connectivity index (χ0) is 33.4. The van der Waals surface area contributed by atoms with E-state index in [0.29, 0.717) is 33.8 Å². The molecule has 44 heavy (non-hydrogen) atoms. The van der Waals surface area contributed by atoms with Crippen molar-refractivity contribution in [1.29, 1.82) is 10.5 Å². The average molecular weight is 589 g/mol. The highest BCUT2D eigenvalue weighted by Crippen LogP contribution is 2.42. The predicted molar refractivity (Wildman–Crippen MR) is 184 cm³/mol. The van der Waals surface area contributed by atoms with E-state index in [-0.39, 0.29) is 21.7 Å². The van der Waals surface area contributed by atoms with E-state index in [0.717, 1.165) is 33.4 Å². The van der Waals surface area contributed by atoms with E-state index < -0.39 is 0 Å². The van der Waals surface area contributed by atoms with E-state index in [1.807, 2.05) is 60.7 Å². The number of rotatable bonds is 4. The van der Waals surface area contributed by atoms with Gasteiger partial charge in [0.1, 0.15) is 11.5 Å². The number of hydrogen-bond donors (Lipinski definition) is 2. The normalized spacial score (nSPS) is 13.4. The molecule has 0 saturated carbocycles. The maximum atomic E-state index is 11.1. The van der Waals surface area contributed by atoms with Gasteiger partial charge in [-0.1, -0.05) is 101 Å². The Kier molecular flexibility index (Phi) is 9.34. The van der Waals surface area contributed by atoms with Crippen LogP contribution < -0.4 is 0 Å². The van der Waals surface area contributed by atoms with Crippen LogP contribution in [-0.2, 0) is 21.7 Å². The van der Waals surface area contributed by atoms with Crippen LogP contribution in [0.1, 0.15) is 128 Å². The van der Waals surface area contributed by atoms with Gasteiger partial charge in [-0.25, -0.2) is 0 Å². The van der Waals surface area contributed by atoms with Crippen molar-refractivity contribution >= 4 is 23.3 Å². The third-order valence-electron chi connectivity index (χ3n) is 7.84. The Morgan fingerprint density at radius 3 is 1.02 bits per heavy atom. The van der Waals surface area contributed by atoms with E-state index in [4.69, 9.17) is 0 Å². The van der Waals surface area contributed by atoms with Crippen LogP contribution >= 0.6 is 0 Å². The number of benzene rings is 3. The highest BCUT2D eigenvalue weighted by Gasteiger charge is 2.28. The molecule has 4 nitrogen and oxygen atoms in total. The molecule has 0 bridgehead atoms. The molecule has 0 aliphatic rings. The Balaban J connectivity index is 2.19. The SMILES string of the molecule is CC(C)(C)c1cc(/C=C(/C#N)c2cccc(/C(C#N)=C\c3cc(C(C)(C)C)c(O)c(C(C)(C)C)c3)c2)cc(C(C)(C)C)c1O. The summed E-state index contributed by atoms with van der Waals surface area (Å²) >= 11 is 0. The van der Waals surface area contributed by atoms with E-state index in [1.165, 1.54) is 0 Å². The fourth-order valence-corrected chi connectivity index (χ4v) is 5.32. The monoisotopic (exact) mass is 588 g/mol. The van der Waals surface area contributed by atoms with Crippen LogP contribution in [0.15, 0.2) is 48.5 Å². The van der Waals surface area contributed by atoms with Crippen molar-refractivity contribution in [3.05, 3.63) is 93.0 Å². The Hall–Kier alpha value is -4.28. The standard InChI is InChI=1S/C40H48N2O2/c1-37(2,3)31-18-25(19-32(35(31)43)38(4,5)6)16-29(23-41)27-14-13-15-28(22-27)30(24-42)17-26-20-33(39(7,8)9)36(44)34(21-26)40(10,11)12/h13-22,43-44H,1-12H3/b29-16-,30-17-. The molecular formula is C40H48N2O2. The second-order valence-electron chi connectivity index (χ2n) is 15.8. The average Bonchev–Trinajstić information content (AvgIpc) is 2.89. The number of aromatic hydroxyl groups is 2. The third-order valence-corrected chi connectivity index (χ3v) is 7.84. The Bertz CT molecular complexity index is 1520. The lowest BCUT2D eigenvalue weighted by molar-refractivity contribution is 0.422. The molecule has 0 aromatic heterocycles. The Morgan fingerprint density at radius 2 is 0.795 bits per heavy atom. The van der Waals surface area contributed by atoms with Crippen LogP contribution in [0, 0.1) is 22.7 Å². The first-order chi connectivity index (χ1) is 20.1. The van der Waals surface area contributed by atoms with Gasteiger partial charge in [0.2, 0.25) is 0 Å². The second-order valence-corrected chi connectivity index (χ2v) is 15.8. The van der Waals surface area contributed by atoms with Crippen molar-refractivity contribution in [3.8, 4) is 23.6 Å². The fraction of sp³-hybridized carbons (Fsp3) is 0.400. The first kappa shape index (κ1) is 34.2. The minimum Gasteiger partial charge on any atom is -0.507 e. The lowest BCUT2D eigenvalue weighted by Gasteiger charge is -2.28. The zero-order valence-corrected chi connectivity index (χ0v) is 28.6. The molecule has 0 heterocycles. The molecule has 0 unspecified atom stereocenters. The summed E-state index contributed by atoms with van der Waals surface area (Å²) in [5.41, 5.74) is 6.15. The number of phenols is 2. The topological polar surface area (TPSA) is 88.0 Å². The Morgan fingerprint density at radius 1 is 0.523 bits per heavy atom. The molecule has 0 amide bonds. The van der Waals surface area contributed by atoms with E-state index in [2.05, 4.69) is 95.2 Å². The molecule has 3 aromatic rings. The number of phenolic OH excluding ortho intramolecular Hbond substituents is 2. The van der Waals surface area contributed by atoms with Gasteiger partial charge in [-0.3, -0.25) is 0 Å². The summed E-state index contributed by atoms with van der Waals surface area (Å²) in [5, 5.41) is 42.8. The first-order valence-corrected chi connectivity index (χ1v) is 15.2. The molecule has 0 radical (unpaired) electrons. The van der Waals surface area contributed by atoms with Gasteiger partial charge in [0.25, 0.3) is 0 Å². The highest BCUT2D eigenvalue weighted by atomic mass is 16.3. The van der Waals surface area contributed by atoms with Crippen LogP contribution in [-0.4, -0.2) is 10.2 Å². The molecule has 2 N–H and O–H groups in total. The number of hydrogen-bond acceptors (Lipinski definition) is 4. The summed E-state index contributed by atoms with van der Waals surface area (Å²) in [5.74, 6) is 0.592. The first-order valence-electron chi connectivity index (χ1n) is 15.2. The van der Waals surface area contributed by atoms with E-state index in [9.17, 15) is 20.7 Å². The molecular weight excluding hydrogens is 540 g/mol. The van der Waals surface area contributed by atoms with Gasteiger partial charge in [0.15, 0.2) is 0 Å². The van der Waals surface area contributed by atoms with Crippen molar-refractivity contribution in [1.82, 2.24) is 0 Å². The predicted octanol–water partition coefficient (Wildman–Crippen LogP) is 10.4. The molecule has 0 spiro atoms. The molecule has 0 fully saturated rings. The molecule has 0 aliphatic heterocycles. The zero-order valence-electron chi connectivity index (χ0n) is 28.6. The van der Waals surface area contributed by atoms with Crippen molar-refractivity contribution in [2.75, 3.05) is 0 Å². The maximum Gasteiger partial charge on any atom is 0.123 e. The van der Waals surface area contributed by atoms with Gasteiger partial charge in [-0.15, -0.1) is 0 Å². The fourth-order valence-electron chi connectivity index (χ4n) is 5.32. The lowest BCUT2D eigenvalue weighted by Crippen LogP contribution is -2.17. The third kappa shape index (κ3) is 7.62. The summed E-state index contributed by atoms with van der Waals surface area (Å²) in [6.45, 7) is 24.8. The van der Waals surface area contributed by atoms with Crippen LogP contribution in [0.25, 0.3) is 23.3 Å². The quantitative estimate of drug-likeness (QED) is 0.234. The van der Waals surface area contributed by atoms with E-state index >= 15 is 0 Å². The molecule has 0 aliphatic carbocycles. The Labute approximate surface area is 265 Å². The number of allylic oxidation sites excluding steroid dienone is 2. The van der Waals surface area contributed by atoms with Crippen molar-refractivity contribution in [2.24, 2.45) is 0 Å². The number of nitriles is 2. The minimum atomic E-state index is -0.291. The van der Waals surface area contributed by atoms with E-state index in [1.54, 1.807) is 0 Å². The maximum absolute atomic E-state index is 11.1. The van der Waals surface area contributed by atoms with Gasteiger partial charge in [-0.05, 0) is 86.4 Å². The summed E-state index contributed by atoms with van der Waals surface area (Å²) in [6.07, 6.45) is 3.70. The van der Waals surface area contributed by atoms with Gasteiger partial charge in [0, 0.05) is 22.3 Å². The number of nitrogens with zero attached hydrogens (tertiary/aromatic N) is 2. The van der Waals surface area contributed by atoms with Crippen LogP contribution in [0.5, 0.6) is 11.5 Å². The highest BCUT2D eigenvalue weighted by molar-refractivity contribution is 5.94. The summed E-state index contributed by atoms with van der Waals surface area (Å²) in [7, 11) is 0.